The maximum atomic E-state index is 12.7. The topological polar surface area (TPSA) is 122 Å². The van der Waals surface area contributed by atoms with Gasteiger partial charge in [0.05, 0.1) is 0 Å². The van der Waals surface area contributed by atoms with Crippen LogP contribution in [0.5, 0.6) is 0 Å². The Bertz CT molecular complexity index is 1380. The van der Waals surface area contributed by atoms with Gasteiger partial charge in [-0.15, -0.1) is 0 Å². The first-order chi connectivity index (χ1) is 16.0. The molecule has 3 heterocycles. The molecule has 5 rings (SSSR count). The molecular formula is C24H18N4O5. The second-order valence-corrected chi connectivity index (χ2v) is 7.86. The van der Waals surface area contributed by atoms with Crippen LogP contribution in [-0.4, -0.2) is 39.6 Å². The number of aromatic nitrogens is 1. The number of rotatable bonds is 3. The normalized spacial score (nSPS) is 17.4. The monoisotopic (exact) mass is 442 g/mol. The number of hydrogen-bond acceptors (Lipinski definition) is 6. The first-order valence-electron chi connectivity index (χ1n) is 10.4. The van der Waals surface area contributed by atoms with Gasteiger partial charge in [0.1, 0.15) is 11.6 Å². The Morgan fingerprint density at radius 2 is 2.09 bits per heavy atom. The van der Waals surface area contributed by atoms with E-state index in [1.165, 1.54) is 11.3 Å². The number of imide groups is 1. The highest BCUT2D eigenvalue weighted by Gasteiger charge is 2.39. The summed E-state index contributed by atoms with van der Waals surface area (Å²) in [5, 5.41) is 5.03. The molecule has 2 aliphatic heterocycles. The molecule has 1 saturated heterocycles. The predicted molar refractivity (Wildman–Crippen MR) is 115 cm³/mol. The molecular weight excluding hydrogens is 424 g/mol. The van der Waals surface area contributed by atoms with Gasteiger partial charge in [0.2, 0.25) is 11.8 Å². The number of carbonyl (C=O) groups excluding carboxylic acids is 4. The summed E-state index contributed by atoms with van der Waals surface area (Å²) in [6, 6.07) is 9.88. The van der Waals surface area contributed by atoms with E-state index in [0.717, 1.165) is 11.1 Å². The van der Waals surface area contributed by atoms with Gasteiger partial charge < -0.3 is 14.6 Å². The minimum atomic E-state index is -0.655. The molecule has 1 fully saturated rings. The van der Waals surface area contributed by atoms with Crippen molar-refractivity contribution in [2.75, 3.05) is 0 Å². The third-order valence-corrected chi connectivity index (χ3v) is 5.69. The lowest BCUT2D eigenvalue weighted by molar-refractivity contribution is -0.137. The lowest BCUT2D eigenvalue weighted by atomic mass is 10.0. The Balaban J connectivity index is 1.22. The molecule has 33 heavy (non-hydrogen) atoms. The largest absolute Gasteiger partial charge is 0.443 e. The molecule has 0 bridgehead atoms. The highest BCUT2D eigenvalue weighted by atomic mass is 16.3. The van der Waals surface area contributed by atoms with Crippen LogP contribution in [0.15, 0.2) is 47.2 Å². The van der Waals surface area contributed by atoms with Crippen molar-refractivity contribution in [1.29, 1.82) is 0 Å². The minimum absolute atomic E-state index is 0.210. The van der Waals surface area contributed by atoms with E-state index in [1.807, 2.05) is 6.07 Å². The lowest BCUT2D eigenvalue weighted by Crippen LogP contribution is -2.52. The Kier molecular flexibility index (Phi) is 5.11. The van der Waals surface area contributed by atoms with Crippen molar-refractivity contribution in [3.63, 3.8) is 0 Å². The molecule has 1 atom stereocenters. The van der Waals surface area contributed by atoms with Crippen LogP contribution < -0.4 is 10.6 Å². The summed E-state index contributed by atoms with van der Waals surface area (Å²) < 4.78 is 5.18. The molecule has 2 aromatic carbocycles. The van der Waals surface area contributed by atoms with E-state index in [9.17, 15) is 19.2 Å². The van der Waals surface area contributed by atoms with Crippen LogP contribution in [0.4, 0.5) is 0 Å². The molecule has 0 aliphatic carbocycles. The molecule has 0 spiro atoms. The van der Waals surface area contributed by atoms with E-state index in [0.29, 0.717) is 28.6 Å². The van der Waals surface area contributed by atoms with Gasteiger partial charge in [-0.05, 0) is 41.8 Å². The van der Waals surface area contributed by atoms with Crippen LogP contribution >= 0.6 is 0 Å². The van der Waals surface area contributed by atoms with Gasteiger partial charge >= 0.3 is 0 Å². The molecule has 2 aliphatic rings. The van der Waals surface area contributed by atoms with Crippen LogP contribution in [0.25, 0.3) is 11.1 Å². The zero-order valence-corrected chi connectivity index (χ0v) is 17.4. The lowest BCUT2D eigenvalue weighted by Gasteiger charge is -2.29. The number of carbonyl (C=O) groups is 4. The van der Waals surface area contributed by atoms with Crippen LogP contribution in [0.3, 0.4) is 0 Å². The standard InChI is InChI=1S/C24H18N4O5/c29-21(7-3-14-2-6-20-18(10-14)26-13-33-20)25-11-15-1-4-17-16(9-15)12-28(24(17)32)19-5-8-22(30)27-23(19)31/h1-2,4,6,9-10,13,19H,5,8,11-12H2,(H,25,29)(H,27,30,31). The number of oxazole rings is 1. The molecule has 1 aromatic heterocycles. The van der Waals surface area contributed by atoms with Crippen molar-refractivity contribution in [2.45, 2.75) is 32.0 Å². The van der Waals surface area contributed by atoms with E-state index < -0.39 is 17.9 Å². The summed E-state index contributed by atoms with van der Waals surface area (Å²) in [6.45, 7) is 0.530. The number of nitrogens with one attached hydrogen (secondary N) is 2. The second-order valence-electron chi connectivity index (χ2n) is 7.86. The average molecular weight is 442 g/mol. The van der Waals surface area contributed by atoms with Gasteiger partial charge in [0.25, 0.3) is 11.8 Å². The molecule has 164 valence electrons. The maximum Gasteiger partial charge on any atom is 0.296 e. The highest BCUT2D eigenvalue weighted by Crippen LogP contribution is 2.28. The zero-order valence-electron chi connectivity index (χ0n) is 17.4. The van der Waals surface area contributed by atoms with Crippen molar-refractivity contribution >= 4 is 34.7 Å². The molecule has 4 amide bonds. The number of amides is 4. The van der Waals surface area contributed by atoms with E-state index in [4.69, 9.17) is 4.42 Å². The third-order valence-electron chi connectivity index (χ3n) is 5.69. The third kappa shape index (κ3) is 4.06. The summed E-state index contributed by atoms with van der Waals surface area (Å²) in [7, 11) is 0. The van der Waals surface area contributed by atoms with Crippen molar-refractivity contribution in [1.82, 2.24) is 20.5 Å². The maximum absolute atomic E-state index is 12.7. The van der Waals surface area contributed by atoms with Gasteiger partial charge in [0.15, 0.2) is 12.0 Å². The van der Waals surface area contributed by atoms with Gasteiger partial charge in [-0.25, -0.2) is 4.98 Å². The minimum Gasteiger partial charge on any atom is -0.443 e. The van der Waals surface area contributed by atoms with Crippen LogP contribution in [-0.2, 0) is 27.5 Å². The predicted octanol–water partition coefficient (Wildman–Crippen LogP) is 1.26. The quantitative estimate of drug-likeness (QED) is 0.465. The second kappa shape index (κ2) is 8.24. The summed E-state index contributed by atoms with van der Waals surface area (Å²) in [6.07, 6.45) is 1.87. The fourth-order valence-corrected chi connectivity index (χ4v) is 4.03. The molecule has 9 heteroatoms. The number of nitrogens with zero attached hydrogens (tertiary/aromatic N) is 2. The summed E-state index contributed by atoms with van der Waals surface area (Å²) in [4.78, 5) is 54.0. The zero-order chi connectivity index (χ0) is 22.9. The Morgan fingerprint density at radius 3 is 2.94 bits per heavy atom. The summed E-state index contributed by atoms with van der Waals surface area (Å²) in [5.74, 6) is 3.93. The van der Waals surface area contributed by atoms with E-state index in [1.54, 1.807) is 30.3 Å². The fraction of sp³-hybridized carbons (Fsp3) is 0.208. The number of benzene rings is 2. The van der Waals surface area contributed by atoms with E-state index in [2.05, 4.69) is 27.5 Å². The average Bonchev–Trinajstić information content (AvgIpc) is 3.40. The van der Waals surface area contributed by atoms with Gasteiger partial charge in [-0.1, -0.05) is 18.1 Å². The van der Waals surface area contributed by atoms with Crippen molar-refractivity contribution in [3.8, 4) is 11.8 Å². The van der Waals surface area contributed by atoms with Gasteiger partial charge in [-0.3, -0.25) is 24.5 Å². The van der Waals surface area contributed by atoms with Crippen molar-refractivity contribution in [2.24, 2.45) is 0 Å². The summed E-state index contributed by atoms with van der Waals surface area (Å²) >= 11 is 0. The molecule has 0 radical (unpaired) electrons. The SMILES string of the molecule is O=C(C#Cc1ccc2ocnc2c1)NCc1ccc2c(c1)CN(C1CCC(=O)NC1=O)C2=O. The Hall–Kier alpha value is -4.45. The molecule has 3 aromatic rings. The summed E-state index contributed by atoms with van der Waals surface area (Å²) in [5.41, 5.74) is 4.08. The fourth-order valence-electron chi connectivity index (χ4n) is 4.03. The molecule has 0 saturated carbocycles. The Morgan fingerprint density at radius 1 is 1.21 bits per heavy atom. The van der Waals surface area contributed by atoms with E-state index in [-0.39, 0.29) is 31.3 Å². The van der Waals surface area contributed by atoms with Crippen molar-refractivity contribution < 1.29 is 23.6 Å². The number of fused-ring (bicyclic) bond motifs is 2. The van der Waals surface area contributed by atoms with E-state index >= 15 is 0 Å². The Labute approximate surface area is 188 Å². The van der Waals surface area contributed by atoms with Gasteiger partial charge in [-0.2, -0.15) is 0 Å². The first kappa shape index (κ1) is 20.5. The first-order valence-corrected chi connectivity index (χ1v) is 10.4. The van der Waals surface area contributed by atoms with Crippen LogP contribution in [0, 0.1) is 11.8 Å². The van der Waals surface area contributed by atoms with Gasteiger partial charge in [0, 0.05) is 36.6 Å². The molecule has 2 N–H and O–H groups in total. The highest BCUT2D eigenvalue weighted by molar-refractivity contribution is 6.05. The molecule has 1 unspecified atom stereocenters. The van der Waals surface area contributed by atoms with Crippen LogP contribution in [0.2, 0.25) is 0 Å². The molecule has 9 nitrogen and oxygen atoms in total. The number of hydrogen-bond donors (Lipinski definition) is 2. The van der Waals surface area contributed by atoms with Crippen molar-refractivity contribution in [3.05, 3.63) is 65.0 Å². The van der Waals surface area contributed by atoms with Crippen LogP contribution in [0.1, 0.15) is 39.9 Å². The number of piperidine rings is 1. The smallest absolute Gasteiger partial charge is 0.296 e.